The van der Waals surface area contributed by atoms with Crippen LogP contribution in [0.5, 0.6) is 0 Å². The van der Waals surface area contributed by atoms with E-state index in [1.807, 2.05) is 0 Å². The molecule has 0 spiro atoms. The van der Waals surface area contributed by atoms with Crippen molar-refractivity contribution in [1.82, 2.24) is 9.97 Å². The summed E-state index contributed by atoms with van der Waals surface area (Å²) < 4.78 is 4.89. The number of carbonyl (C=O) groups is 1. The molecule has 0 unspecified atom stereocenters. The summed E-state index contributed by atoms with van der Waals surface area (Å²) in [4.78, 5) is 29.7. The topological polar surface area (TPSA) is 72.1 Å². The van der Waals surface area contributed by atoms with Gasteiger partial charge in [-0.2, -0.15) is 0 Å². The highest BCUT2D eigenvalue weighted by Crippen LogP contribution is 2.15. The molecule has 0 amide bonds. The highest BCUT2D eigenvalue weighted by molar-refractivity contribution is 5.90. The SMILES string of the molecule is CCOC(=O)c1c[nH]c(=O)c(-c2ccncc2)c1. The van der Waals surface area contributed by atoms with Crippen LogP contribution in [-0.2, 0) is 4.74 Å². The van der Waals surface area contributed by atoms with Crippen molar-refractivity contribution in [2.75, 3.05) is 6.61 Å². The number of carbonyl (C=O) groups excluding carboxylic acids is 1. The minimum Gasteiger partial charge on any atom is -0.462 e. The molecule has 0 fully saturated rings. The molecule has 2 heterocycles. The standard InChI is InChI=1S/C13H12N2O3/c1-2-18-13(17)10-7-11(12(16)15-8-10)9-3-5-14-6-4-9/h3-8H,2H2,1H3,(H,15,16). The van der Waals surface area contributed by atoms with E-state index in [4.69, 9.17) is 4.74 Å². The van der Waals surface area contributed by atoms with E-state index in [1.165, 1.54) is 12.3 Å². The van der Waals surface area contributed by atoms with E-state index >= 15 is 0 Å². The summed E-state index contributed by atoms with van der Waals surface area (Å²) in [5.74, 6) is -0.455. The van der Waals surface area contributed by atoms with Crippen molar-refractivity contribution in [2.45, 2.75) is 6.92 Å². The van der Waals surface area contributed by atoms with Crippen molar-refractivity contribution in [3.63, 3.8) is 0 Å². The van der Waals surface area contributed by atoms with E-state index in [9.17, 15) is 9.59 Å². The van der Waals surface area contributed by atoms with Gasteiger partial charge in [0.2, 0.25) is 0 Å². The van der Waals surface area contributed by atoms with Crippen molar-refractivity contribution in [3.05, 3.63) is 52.7 Å². The molecule has 0 saturated heterocycles. The number of hydrogen-bond acceptors (Lipinski definition) is 4. The van der Waals surface area contributed by atoms with Gasteiger partial charge in [0.15, 0.2) is 0 Å². The first-order chi connectivity index (χ1) is 8.72. The van der Waals surface area contributed by atoms with Gasteiger partial charge in [-0.15, -0.1) is 0 Å². The summed E-state index contributed by atoms with van der Waals surface area (Å²) in [6, 6.07) is 4.94. The van der Waals surface area contributed by atoms with Crippen molar-refractivity contribution in [2.24, 2.45) is 0 Å². The Morgan fingerprint density at radius 1 is 1.39 bits per heavy atom. The molecule has 5 heteroatoms. The second-order valence-electron chi connectivity index (χ2n) is 3.59. The van der Waals surface area contributed by atoms with Gasteiger partial charge < -0.3 is 9.72 Å². The lowest BCUT2D eigenvalue weighted by atomic mass is 10.1. The van der Waals surface area contributed by atoms with Gasteiger partial charge in [0.25, 0.3) is 5.56 Å². The summed E-state index contributed by atoms with van der Waals surface area (Å²) >= 11 is 0. The number of pyridine rings is 2. The monoisotopic (exact) mass is 244 g/mol. The quantitative estimate of drug-likeness (QED) is 0.832. The number of H-pyrrole nitrogens is 1. The van der Waals surface area contributed by atoms with Gasteiger partial charge in [0, 0.05) is 24.2 Å². The maximum atomic E-state index is 11.7. The Balaban J connectivity index is 2.46. The van der Waals surface area contributed by atoms with E-state index in [0.29, 0.717) is 23.3 Å². The second kappa shape index (κ2) is 5.27. The zero-order valence-electron chi connectivity index (χ0n) is 9.84. The normalized spacial score (nSPS) is 10.1. The number of nitrogens with one attached hydrogen (secondary N) is 1. The first-order valence-electron chi connectivity index (χ1n) is 5.52. The van der Waals surface area contributed by atoms with Crippen LogP contribution in [0.4, 0.5) is 0 Å². The van der Waals surface area contributed by atoms with Gasteiger partial charge in [-0.05, 0) is 30.7 Å². The third kappa shape index (κ3) is 2.45. The number of hydrogen-bond donors (Lipinski definition) is 1. The lowest BCUT2D eigenvalue weighted by Gasteiger charge is -2.04. The summed E-state index contributed by atoms with van der Waals surface area (Å²) in [5.41, 5.74) is 1.19. The lowest BCUT2D eigenvalue weighted by molar-refractivity contribution is 0.0526. The zero-order chi connectivity index (χ0) is 13.0. The number of nitrogens with zero attached hydrogens (tertiary/aromatic N) is 1. The van der Waals surface area contributed by atoms with Crippen molar-refractivity contribution in [3.8, 4) is 11.1 Å². The van der Waals surface area contributed by atoms with E-state index < -0.39 is 5.97 Å². The highest BCUT2D eigenvalue weighted by atomic mass is 16.5. The molecule has 0 bridgehead atoms. The Labute approximate surface area is 103 Å². The van der Waals surface area contributed by atoms with E-state index in [-0.39, 0.29) is 5.56 Å². The lowest BCUT2D eigenvalue weighted by Crippen LogP contribution is -2.13. The average Bonchev–Trinajstić information content (AvgIpc) is 2.40. The van der Waals surface area contributed by atoms with Crippen molar-refractivity contribution < 1.29 is 9.53 Å². The van der Waals surface area contributed by atoms with Crippen LogP contribution in [0, 0.1) is 0 Å². The molecule has 18 heavy (non-hydrogen) atoms. The second-order valence-corrected chi connectivity index (χ2v) is 3.59. The predicted octanol–water partition coefficient (Wildman–Crippen LogP) is 1.61. The molecular weight excluding hydrogens is 232 g/mol. The fraction of sp³-hybridized carbons (Fsp3) is 0.154. The molecule has 2 aromatic heterocycles. The number of esters is 1. The molecule has 2 aromatic rings. The van der Waals surface area contributed by atoms with Gasteiger partial charge in [-0.1, -0.05) is 0 Å². The van der Waals surface area contributed by atoms with Gasteiger partial charge in [0.1, 0.15) is 0 Å². The summed E-state index contributed by atoms with van der Waals surface area (Å²) in [5, 5.41) is 0. The molecule has 0 radical (unpaired) electrons. The first kappa shape index (κ1) is 12.0. The number of rotatable bonds is 3. The molecule has 0 aliphatic rings. The van der Waals surface area contributed by atoms with Crippen molar-refractivity contribution in [1.29, 1.82) is 0 Å². The number of ether oxygens (including phenoxy) is 1. The fourth-order valence-electron chi connectivity index (χ4n) is 1.56. The first-order valence-corrected chi connectivity index (χ1v) is 5.52. The van der Waals surface area contributed by atoms with E-state index in [2.05, 4.69) is 9.97 Å². The minimum atomic E-state index is -0.455. The Hall–Kier alpha value is -2.43. The summed E-state index contributed by atoms with van der Waals surface area (Å²) in [6.07, 6.45) is 4.53. The Kier molecular flexibility index (Phi) is 3.52. The minimum absolute atomic E-state index is 0.255. The van der Waals surface area contributed by atoms with Gasteiger partial charge >= 0.3 is 5.97 Å². The molecule has 0 aromatic carbocycles. The molecule has 2 rings (SSSR count). The van der Waals surface area contributed by atoms with Crippen LogP contribution in [0.25, 0.3) is 11.1 Å². The molecule has 92 valence electrons. The molecule has 0 saturated carbocycles. The highest BCUT2D eigenvalue weighted by Gasteiger charge is 2.10. The smallest absolute Gasteiger partial charge is 0.339 e. The maximum absolute atomic E-state index is 11.7. The van der Waals surface area contributed by atoms with Crippen LogP contribution in [0.1, 0.15) is 17.3 Å². The molecule has 5 nitrogen and oxygen atoms in total. The van der Waals surface area contributed by atoms with Crippen LogP contribution in [-0.4, -0.2) is 22.5 Å². The maximum Gasteiger partial charge on any atom is 0.339 e. The van der Waals surface area contributed by atoms with Gasteiger partial charge in [0.05, 0.1) is 12.2 Å². The fourth-order valence-corrected chi connectivity index (χ4v) is 1.56. The van der Waals surface area contributed by atoms with Gasteiger partial charge in [-0.25, -0.2) is 4.79 Å². The van der Waals surface area contributed by atoms with E-state index in [1.54, 1.807) is 31.5 Å². The predicted molar refractivity (Wildman–Crippen MR) is 66.3 cm³/mol. The Morgan fingerprint density at radius 2 is 2.11 bits per heavy atom. The summed E-state index contributed by atoms with van der Waals surface area (Å²) in [6.45, 7) is 2.02. The zero-order valence-corrected chi connectivity index (χ0v) is 9.84. The third-order valence-electron chi connectivity index (χ3n) is 2.41. The van der Waals surface area contributed by atoms with Crippen molar-refractivity contribution >= 4 is 5.97 Å². The Morgan fingerprint density at radius 3 is 2.78 bits per heavy atom. The molecule has 0 aliphatic heterocycles. The number of aromatic amines is 1. The van der Waals surface area contributed by atoms with Crippen LogP contribution < -0.4 is 5.56 Å². The van der Waals surface area contributed by atoms with Crippen LogP contribution in [0.15, 0.2) is 41.6 Å². The van der Waals surface area contributed by atoms with Crippen LogP contribution >= 0.6 is 0 Å². The Bertz CT molecular complexity index is 605. The van der Waals surface area contributed by atoms with E-state index in [0.717, 1.165) is 0 Å². The van der Waals surface area contributed by atoms with Crippen LogP contribution in [0.3, 0.4) is 0 Å². The molecule has 0 aliphatic carbocycles. The molecule has 1 N–H and O–H groups in total. The number of aromatic nitrogens is 2. The molecular formula is C13H12N2O3. The van der Waals surface area contributed by atoms with Crippen LogP contribution in [0.2, 0.25) is 0 Å². The summed E-state index contributed by atoms with van der Waals surface area (Å²) in [7, 11) is 0. The molecule has 0 atom stereocenters. The van der Waals surface area contributed by atoms with Gasteiger partial charge in [-0.3, -0.25) is 9.78 Å². The largest absolute Gasteiger partial charge is 0.462 e. The average molecular weight is 244 g/mol. The third-order valence-corrected chi connectivity index (χ3v) is 2.41.